The molecule has 0 amide bonds. The molecule has 0 aromatic heterocycles. The maximum Gasteiger partial charge on any atom is 0.0106 e. The van der Waals surface area contributed by atoms with Crippen molar-refractivity contribution < 1.29 is 0 Å². The molecule has 0 atom stereocenters. The predicted molar refractivity (Wildman–Crippen MR) is 68.4 cm³/mol. The Kier molecular flexibility index (Phi) is 7.14. The first-order valence-corrected chi connectivity index (χ1v) is 5.99. The molecular formula is C12H29N3. The minimum atomic E-state index is 0.233. The van der Waals surface area contributed by atoms with Crippen molar-refractivity contribution in [2.45, 2.75) is 46.2 Å². The predicted octanol–water partition coefficient (Wildman–Crippen LogP) is 1.30. The second-order valence-electron chi connectivity index (χ2n) is 5.50. The summed E-state index contributed by atoms with van der Waals surface area (Å²) in [7, 11) is 2.17. The van der Waals surface area contributed by atoms with Crippen LogP contribution in [0.4, 0.5) is 0 Å². The smallest absolute Gasteiger partial charge is 0.0106 e. The van der Waals surface area contributed by atoms with Crippen LogP contribution in [-0.4, -0.2) is 49.7 Å². The van der Waals surface area contributed by atoms with Gasteiger partial charge in [-0.1, -0.05) is 0 Å². The van der Waals surface area contributed by atoms with Gasteiger partial charge in [-0.3, -0.25) is 0 Å². The third-order valence-electron chi connectivity index (χ3n) is 2.48. The first-order valence-electron chi connectivity index (χ1n) is 5.99. The van der Waals surface area contributed by atoms with Crippen LogP contribution in [0, 0.1) is 0 Å². The van der Waals surface area contributed by atoms with Crippen molar-refractivity contribution in [1.82, 2.24) is 15.5 Å². The van der Waals surface area contributed by atoms with E-state index < -0.39 is 0 Å². The van der Waals surface area contributed by atoms with Gasteiger partial charge in [-0.05, 0) is 41.7 Å². The standard InChI is InChI=1S/C12H29N3/c1-11(2)15(6)10-9-13-7-8-14-12(3,4)5/h11,13-14H,7-10H2,1-6H3. The van der Waals surface area contributed by atoms with Gasteiger partial charge in [-0.25, -0.2) is 0 Å². The molecule has 0 aliphatic rings. The second-order valence-corrected chi connectivity index (χ2v) is 5.50. The molecule has 0 bridgehead atoms. The number of likely N-dealkylation sites (N-methyl/N-ethyl adjacent to an activating group) is 1. The van der Waals surface area contributed by atoms with Gasteiger partial charge in [0.05, 0.1) is 0 Å². The zero-order chi connectivity index (χ0) is 11.9. The Morgan fingerprint density at radius 3 is 2.13 bits per heavy atom. The molecule has 0 aromatic carbocycles. The van der Waals surface area contributed by atoms with Crippen molar-refractivity contribution in [1.29, 1.82) is 0 Å². The zero-order valence-corrected chi connectivity index (χ0v) is 11.4. The number of nitrogens with one attached hydrogen (secondary N) is 2. The summed E-state index contributed by atoms with van der Waals surface area (Å²) < 4.78 is 0. The number of hydrogen-bond acceptors (Lipinski definition) is 3. The van der Waals surface area contributed by atoms with E-state index >= 15 is 0 Å². The van der Waals surface area contributed by atoms with E-state index in [9.17, 15) is 0 Å². The van der Waals surface area contributed by atoms with Gasteiger partial charge in [-0.2, -0.15) is 0 Å². The Morgan fingerprint density at radius 1 is 1.07 bits per heavy atom. The van der Waals surface area contributed by atoms with Crippen molar-refractivity contribution in [2.75, 3.05) is 33.2 Å². The lowest BCUT2D eigenvalue weighted by atomic mass is 10.1. The van der Waals surface area contributed by atoms with Crippen LogP contribution < -0.4 is 10.6 Å². The van der Waals surface area contributed by atoms with Crippen LogP contribution in [-0.2, 0) is 0 Å². The van der Waals surface area contributed by atoms with Crippen LogP contribution in [0.25, 0.3) is 0 Å². The molecule has 0 rings (SSSR count). The molecule has 0 radical (unpaired) electrons. The topological polar surface area (TPSA) is 27.3 Å². The fourth-order valence-corrected chi connectivity index (χ4v) is 1.16. The summed E-state index contributed by atoms with van der Waals surface area (Å²) in [5, 5.41) is 6.90. The quantitative estimate of drug-likeness (QED) is 0.627. The molecule has 0 spiro atoms. The van der Waals surface area contributed by atoms with E-state index in [-0.39, 0.29) is 5.54 Å². The van der Waals surface area contributed by atoms with Crippen molar-refractivity contribution >= 4 is 0 Å². The van der Waals surface area contributed by atoms with Gasteiger partial charge in [0, 0.05) is 37.8 Å². The lowest BCUT2D eigenvalue weighted by Crippen LogP contribution is -2.41. The molecule has 0 fully saturated rings. The molecule has 0 saturated heterocycles. The zero-order valence-electron chi connectivity index (χ0n) is 11.4. The van der Waals surface area contributed by atoms with Gasteiger partial charge in [0.1, 0.15) is 0 Å². The van der Waals surface area contributed by atoms with Gasteiger partial charge >= 0.3 is 0 Å². The maximum atomic E-state index is 3.46. The summed E-state index contributed by atoms with van der Waals surface area (Å²) in [5.41, 5.74) is 0.233. The monoisotopic (exact) mass is 215 g/mol. The number of nitrogens with zero attached hydrogens (tertiary/aromatic N) is 1. The van der Waals surface area contributed by atoms with Crippen molar-refractivity contribution in [2.24, 2.45) is 0 Å². The fourth-order valence-electron chi connectivity index (χ4n) is 1.16. The average Bonchev–Trinajstić information content (AvgIpc) is 2.08. The van der Waals surface area contributed by atoms with E-state index in [0.29, 0.717) is 6.04 Å². The Morgan fingerprint density at radius 2 is 1.67 bits per heavy atom. The Balaban J connectivity index is 3.26. The van der Waals surface area contributed by atoms with Crippen LogP contribution in [0.3, 0.4) is 0 Å². The normalized spacial score (nSPS) is 12.8. The summed E-state index contributed by atoms with van der Waals surface area (Å²) in [5.74, 6) is 0. The Bertz CT molecular complexity index is 149. The van der Waals surface area contributed by atoms with Crippen LogP contribution in [0.15, 0.2) is 0 Å². The van der Waals surface area contributed by atoms with E-state index in [2.05, 4.69) is 57.2 Å². The summed E-state index contributed by atoms with van der Waals surface area (Å²) in [4.78, 5) is 2.35. The third kappa shape index (κ3) is 10.2. The van der Waals surface area contributed by atoms with Crippen LogP contribution in [0.5, 0.6) is 0 Å². The Labute approximate surface area is 95.6 Å². The molecule has 0 unspecified atom stereocenters. The van der Waals surface area contributed by atoms with E-state index in [1.807, 2.05) is 0 Å². The largest absolute Gasteiger partial charge is 0.314 e. The average molecular weight is 215 g/mol. The van der Waals surface area contributed by atoms with Crippen molar-refractivity contribution in [3.63, 3.8) is 0 Å². The van der Waals surface area contributed by atoms with Gasteiger partial charge in [0.15, 0.2) is 0 Å². The first kappa shape index (κ1) is 14.9. The van der Waals surface area contributed by atoms with Gasteiger partial charge < -0.3 is 15.5 Å². The SMILES string of the molecule is CC(C)N(C)CCNCCNC(C)(C)C. The van der Waals surface area contributed by atoms with Crippen LogP contribution in [0.2, 0.25) is 0 Å². The minimum absolute atomic E-state index is 0.233. The molecule has 3 heteroatoms. The van der Waals surface area contributed by atoms with Gasteiger partial charge in [0.25, 0.3) is 0 Å². The summed E-state index contributed by atoms with van der Waals surface area (Å²) in [6.45, 7) is 15.3. The van der Waals surface area contributed by atoms with E-state index in [4.69, 9.17) is 0 Å². The molecule has 0 aromatic rings. The van der Waals surface area contributed by atoms with Gasteiger partial charge in [-0.15, -0.1) is 0 Å². The molecule has 0 saturated carbocycles. The summed E-state index contributed by atoms with van der Waals surface area (Å²) in [6.07, 6.45) is 0. The highest BCUT2D eigenvalue weighted by atomic mass is 15.1. The first-order chi connectivity index (χ1) is 6.83. The molecule has 92 valence electrons. The van der Waals surface area contributed by atoms with Crippen molar-refractivity contribution in [3.05, 3.63) is 0 Å². The molecule has 2 N–H and O–H groups in total. The highest BCUT2D eigenvalue weighted by Crippen LogP contribution is 1.96. The fraction of sp³-hybridized carbons (Fsp3) is 1.00. The summed E-state index contributed by atoms with van der Waals surface area (Å²) >= 11 is 0. The second kappa shape index (κ2) is 7.20. The van der Waals surface area contributed by atoms with E-state index in [1.165, 1.54) is 0 Å². The number of rotatable bonds is 7. The highest BCUT2D eigenvalue weighted by Gasteiger charge is 2.07. The van der Waals surface area contributed by atoms with Crippen LogP contribution in [0.1, 0.15) is 34.6 Å². The van der Waals surface area contributed by atoms with E-state index in [1.54, 1.807) is 0 Å². The summed E-state index contributed by atoms with van der Waals surface area (Å²) in [6, 6.07) is 0.638. The third-order valence-corrected chi connectivity index (χ3v) is 2.48. The van der Waals surface area contributed by atoms with Crippen LogP contribution >= 0.6 is 0 Å². The molecule has 0 aliphatic heterocycles. The van der Waals surface area contributed by atoms with Crippen molar-refractivity contribution in [3.8, 4) is 0 Å². The molecular weight excluding hydrogens is 186 g/mol. The lowest BCUT2D eigenvalue weighted by Gasteiger charge is -2.22. The lowest BCUT2D eigenvalue weighted by molar-refractivity contribution is 0.273. The molecule has 15 heavy (non-hydrogen) atoms. The van der Waals surface area contributed by atoms with E-state index in [0.717, 1.165) is 26.2 Å². The Hall–Kier alpha value is -0.120. The highest BCUT2D eigenvalue weighted by molar-refractivity contribution is 4.70. The molecule has 3 nitrogen and oxygen atoms in total. The minimum Gasteiger partial charge on any atom is -0.314 e. The number of hydrogen-bond donors (Lipinski definition) is 2. The maximum absolute atomic E-state index is 3.46. The van der Waals surface area contributed by atoms with Gasteiger partial charge in [0.2, 0.25) is 0 Å². The molecule has 0 heterocycles. The molecule has 0 aliphatic carbocycles.